The second-order valence-corrected chi connectivity index (χ2v) is 5.48. The lowest BCUT2D eigenvalue weighted by atomic mass is 10.1. The molecule has 0 heterocycles. The smallest absolute Gasteiger partial charge is 0.202 e. The summed E-state index contributed by atoms with van der Waals surface area (Å²) in [6.07, 6.45) is 6.85. The van der Waals surface area contributed by atoms with Gasteiger partial charge in [0, 0.05) is 17.2 Å². The van der Waals surface area contributed by atoms with Gasteiger partial charge in [-0.1, -0.05) is 39.0 Å². The molecule has 5 heteroatoms. The van der Waals surface area contributed by atoms with Crippen molar-refractivity contribution in [1.82, 2.24) is 4.72 Å². The maximum absolute atomic E-state index is 10.4. The van der Waals surface area contributed by atoms with Crippen molar-refractivity contribution < 1.29 is 8.42 Å². The zero-order valence-corrected chi connectivity index (χ0v) is 9.62. The molecule has 0 aromatic rings. The van der Waals surface area contributed by atoms with Gasteiger partial charge in [0.05, 0.1) is 0 Å². The number of unbranched alkanes of at least 4 members (excludes halogenated alkanes) is 5. The van der Waals surface area contributed by atoms with Gasteiger partial charge in [-0.05, 0) is 6.42 Å². The molecule has 3 nitrogen and oxygen atoms in total. The fraction of sp³-hybridized carbons (Fsp3) is 1.00. The van der Waals surface area contributed by atoms with Crippen molar-refractivity contribution in [3.8, 4) is 0 Å². The number of halogens is 1. The van der Waals surface area contributed by atoms with Crippen LogP contribution in [0.3, 0.4) is 0 Å². The highest BCUT2D eigenvalue weighted by atomic mass is 35.7. The van der Waals surface area contributed by atoms with Crippen LogP contribution in [-0.2, 0) is 9.24 Å². The van der Waals surface area contributed by atoms with Gasteiger partial charge in [0.1, 0.15) is 0 Å². The molecule has 0 aliphatic heterocycles. The molecular formula is C8H18ClNO2S. The van der Waals surface area contributed by atoms with E-state index in [4.69, 9.17) is 10.7 Å². The fourth-order valence-electron chi connectivity index (χ4n) is 1.10. The molecule has 0 atom stereocenters. The van der Waals surface area contributed by atoms with Gasteiger partial charge in [-0.25, -0.2) is 4.72 Å². The lowest BCUT2D eigenvalue weighted by Crippen LogP contribution is -2.19. The standard InChI is InChI=1S/C8H18ClNO2S/c1-2-3-4-5-6-7-8-10-13(9,11)12/h10H,2-8H2,1H3. The maximum Gasteiger partial charge on any atom is 0.297 e. The summed E-state index contributed by atoms with van der Waals surface area (Å²) in [6.45, 7) is 2.62. The minimum atomic E-state index is -3.50. The van der Waals surface area contributed by atoms with E-state index < -0.39 is 9.24 Å². The Hall–Kier alpha value is 0.200. The van der Waals surface area contributed by atoms with E-state index in [0.717, 1.165) is 12.8 Å². The zero-order valence-electron chi connectivity index (χ0n) is 8.05. The van der Waals surface area contributed by atoms with Gasteiger partial charge < -0.3 is 0 Å². The van der Waals surface area contributed by atoms with E-state index in [1.165, 1.54) is 25.7 Å². The zero-order chi connectivity index (χ0) is 10.2. The van der Waals surface area contributed by atoms with E-state index in [1.54, 1.807) is 0 Å². The summed E-state index contributed by atoms with van der Waals surface area (Å²) in [5, 5.41) is 0. The third kappa shape index (κ3) is 12.2. The monoisotopic (exact) mass is 227 g/mol. The second kappa shape index (κ2) is 7.59. The first-order valence-corrected chi connectivity index (χ1v) is 7.06. The van der Waals surface area contributed by atoms with Crippen LogP contribution in [0, 0.1) is 0 Å². The van der Waals surface area contributed by atoms with E-state index in [2.05, 4.69) is 11.6 Å². The van der Waals surface area contributed by atoms with Crippen LogP contribution in [0.2, 0.25) is 0 Å². The highest BCUT2D eigenvalue weighted by molar-refractivity contribution is 8.12. The SMILES string of the molecule is CCCCCCCCNS(=O)(=O)Cl. The Balaban J connectivity index is 3.09. The Labute approximate surface area is 85.4 Å². The number of hydrogen-bond donors (Lipinski definition) is 1. The minimum Gasteiger partial charge on any atom is -0.202 e. The summed E-state index contributed by atoms with van der Waals surface area (Å²) in [5.41, 5.74) is 0. The van der Waals surface area contributed by atoms with Crippen molar-refractivity contribution in [2.45, 2.75) is 45.4 Å². The third-order valence-electron chi connectivity index (χ3n) is 1.80. The topological polar surface area (TPSA) is 46.2 Å². The molecule has 0 bridgehead atoms. The van der Waals surface area contributed by atoms with Gasteiger partial charge in [0.2, 0.25) is 0 Å². The summed E-state index contributed by atoms with van der Waals surface area (Å²) in [4.78, 5) is 0. The van der Waals surface area contributed by atoms with Crippen LogP contribution in [0.5, 0.6) is 0 Å². The van der Waals surface area contributed by atoms with Crippen LogP contribution in [0.15, 0.2) is 0 Å². The van der Waals surface area contributed by atoms with Crippen molar-refractivity contribution >= 4 is 19.9 Å². The Kier molecular flexibility index (Phi) is 7.71. The van der Waals surface area contributed by atoms with E-state index >= 15 is 0 Å². The van der Waals surface area contributed by atoms with Crippen LogP contribution in [-0.4, -0.2) is 15.0 Å². The Morgan fingerprint density at radius 1 is 1.08 bits per heavy atom. The highest BCUT2D eigenvalue weighted by Gasteiger charge is 2.00. The van der Waals surface area contributed by atoms with Crippen LogP contribution in [0.25, 0.3) is 0 Å². The quantitative estimate of drug-likeness (QED) is 0.511. The summed E-state index contributed by atoms with van der Waals surface area (Å²) in [7, 11) is 1.46. The third-order valence-corrected chi connectivity index (χ3v) is 2.68. The van der Waals surface area contributed by atoms with Crippen molar-refractivity contribution in [1.29, 1.82) is 0 Å². The summed E-state index contributed by atoms with van der Waals surface area (Å²) in [5.74, 6) is 0. The molecule has 1 N–H and O–H groups in total. The van der Waals surface area contributed by atoms with Gasteiger partial charge in [0.15, 0.2) is 0 Å². The molecule has 0 saturated heterocycles. The van der Waals surface area contributed by atoms with Crippen molar-refractivity contribution in [2.75, 3.05) is 6.54 Å². The molecule has 0 fully saturated rings. The first kappa shape index (κ1) is 13.2. The molecule has 0 aromatic carbocycles. The number of nitrogens with one attached hydrogen (secondary N) is 1. The number of hydrogen-bond acceptors (Lipinski definition) is 2. The molecule has 0 aliphatic rings. The predicted molar refractivity (Wildman–Crippen MR) is 56.2 cm³/mol. The minimum absolute atomic E-state index is 0.456. The van der Waals surface area contributed by atoms with Crippen molar-refractivity contribution in [3.63, 3.8) is 0 Å². The van der Waals surface area contributed by atoms with Gasteiger partial charge in [-0.3, -0.25) is 0 Å². The fourth-order valence-corrected chi connectivity index (χ4v) is 1.72. The molecule has 80 valence electrons. The second-order valence-electron chi connectivity index (χ2n) is 3.10. The Morgan fingerprint density at radius 2 is 1.62 bits per heavy atom. The van der Waals surface area contributed by atoms with Crippen LogP contribution in [0.4, 0.5) is 0 Å². The molecule has 0 saturated carbocycles. The van der Waals surface area contributed by atoms with Crippen molar-refractivity contribution in [3.05, 3.63) is 0 Å². The average Bonchev–Trinajstić information content (AvgIpc) is 2.01. The lowest BCUT2D eigenvalue weighted by Gasteiger charge is -2.00. The lowest BCUT2D eigenvalue weighted by molar-refractivity contribution is 0.578. The molecule has 0 radical (unpaired) electrons. The van der Waals surface area contributed by atoms with Crippen LogP contribution < -0.4 is 4.72 Å². The first-order valence-electron chi connectivity index (χ1n) is 4.75. The van der Waals surface area contributed by atoms with Gasteiger partial charge >= 0.3 is 0 Å². The molecule has 0 amide bonds. The Bertz CT molecular complexity index is 204. The maximum atomic E-state index is 10.4. The van der Waals surface area contributed by atoms with Gasteiger partial charge in [0.25, 0.3) is 9.24 Å². The van der Waals surface area contributed by atoms with Crippen molar-refractivity contribution in [2.24, 2.45) is 0 Å². The van der Waals surface area contributed by atoms with Gasteiger partial charge in [-0.15, -0.1) is 0 Å². The van der Waals surface area contributed by atoms with Crippen LogP contribution >= 0.6 is 10.7 Å². The van der Waals surface area contributed by atoms with E-state index in [0.29, 0.717) is 6.54 Å². The molecule has 0 aromatic heterocycles. The molecular weight excluding hydrogens is 210 g/mol. The highest BCUT2D eigenvalue weighted by Crippen LogP contribution is 2.04. The molecule has 0 spiro atoms. The van der Waals surface area contributed by atoms with Gasteiger partial charge in [-0.2, -0.15) is 8.42 Å². The molecule has 0 rings (SSSR count). The van der Waals surface area contributed by atoms with E-state index in [9.17, 15) is 8.42 Å². The summed E-state index contributed by atoms with van der Waals surface area (Å²) >= 11 is 0. The van der Waals surface area contributed by atoms with Crippen LogP contribution in [0.1, 0.15) is 45.4 Å². The normalized spacial score (nSPS) is 11.8. The van der Waals surface area contributed by atoms with E-state index in [-0.39, 0.29) is 0 Å². The Morgan fingerprint density at radius 3 is 2.15 bits per heavy atom. The first-order chi connectivity index (χ1) is 6.06. The molecule has 13 heavy (non-hydrogen) atoms. The van der Waals surface area contributed by atoms with E-state index in [1.807, 2.05) is 0 Å². The summed E-state index contributed by atoms with van der Waals surface area (Å²) in [6, 6.07) is 0. The molecule has 0 aliphatic carbocycles. The largest absolute Gasteiger partial charge is 0.297 e. The summed E-state index contributed by atoms with van der Waals surface area (Å²) < 4.78 is 23.1. The molecule has 0 unspecified atom stereocenters. The number of rotatable bonds is 8. The predicted octanol–water partition coefficient (Wildman–Crippen LogP) is 2.42. The average molecular weight is 228 g/mol.